The van der Waals surface area contributed by atoms with Gasteiger partial charge in [0, 0.05) is 27.8 Å². The number of H-pyrrole nitrogens is 1. The molecule has 0 atom stereocenters. The summed E-state index contributed by atoms with van der Waals surface area (Å²) in [5.74, 6) is 0. The molecule has 2 aromatic carbocycles. The fourth-order valence-electron chi connectivity index (χ4n) is 3.41. The van der Waals surface area contributed by atoms with Crippen LogP contribution in [0.15, 0.2) is 71.3 Å². The second-order valence-corrected chi connectivity index (χ2v) is 10.8. The number of thiophene rings is 1. The van der Waals surface area contributed by atoms with Crippen LogP contribution in [0.2, 0.25) is 5.02 Å². The van der Waals surface area contributed by atoms with E-state index in [1.807, 2.05) is 42.5 Å². The number of nitrogens with zero attached hydrogens (tertiary/aromatic N) is 3. The van der Waals surface area contributed by atoms with Crippen LogP contribution in [0.5, 0.6) is 0 Å². The van der Waals surface area contributed by atoms with Crippen LogP contribution in [0.4, 0.5) is 0 Å². The number of halogens is 3. The van der Waals surface area contributed by atoms with Gasteiger partial charge < -0.3 is 0 Å². The molecule has 5 aromatic rings. The van der Waals surface area contributed by atoms with Gasteiger partial charge in [-0.15, -0.1) is 36.2 Å². The second-order valence-electron chi connectivity index (χ2n) is 7.01. The van der Waals surface area contributed by atoms with E-state index >= 15 is 0 Å². The van der Waals surface area contributed by atoms with Crippen molar-refractivity contribution in [2.45, 2.75) is 4.21 Å². The monoisotopic (exact) mass is 538 g/mol. The Hall–Kier alpha value is -2.49. The molecule has 170 valence electrons. The largest absolute Gasteiger partial charge is 0.277 e. The van der Waals surface area contributed by atoms with Gasteiger partial charge in [0.15, 0.2) is 9.84 Å². The first kappa shape index (κ1) is 25.1. The van der Waals surface area contributed by atoms with Gasteiger partial charge in [-0.1, -0.05) is 29.8 Å². The minimum Gasteiger partial charge on any atom is -0.277 e. The fourth-order valence-corrected chi connectivity index (χ4v) is 5.47. The van der Waals surface area contributed by atoms with Crippen molar-refractivity contribution in [1.82, 2.24) is 20.2 Å². The third-order valence-electron chi connectivity index (χ3n) is 4.90. The van der Waals surface area contributed by atoms with Crippen molar-refractivity contribution in [1.29, 1.82) is 0 Å². The Kier molecular flexibility index (Phi) is 7.45. The first-order valence-electron chi connectivity index (χ1n) is 9.25. The molecular weight excluding hydrogens is 523 g/mol. The lowest BCUT2D eigenvalue weighted by Crippen LogP contribution is -1.92. The first-order valence-corrected chi connectivity index (χ1v) is 12.3. The maximum Gasteiger partial charge on any atom is 0.184 e. The molecule has 0 saturated heterocycles. The lowest BCUT2D eigenvalue weighted by atomic mass is 9.99. The summed E-state index contributed by atoms with van der Waals surface area (Å²) in [7, 11) is -3.27. The highest BCUT2D eigenvalue weighted by molar-refractivity contribution is 7.92. The predicted octanol–water partition coefficient (Wildman–Crippen LogP) is 6.32. The Bertz CT molecular complexity index is 1530. The first-order chi connectivity index (χ1) is 14.9. The van der Waals surface area contributed by atoms with Crippen LogP contribution in [-0.4, -0.2) is 34.8 Å². The van der Waals surface area contributed by atoms with Gasteiger partial charge in [0.25, 0.3) is 0 Å². The summed E-state index contributed by atoms with van der Waals surface area (Å²) in [6, 6.07) is 16.9. The number of fused-ring (bicyclic) bond motifs is 1. The lowest BCUT2D eigenvalue weighted by Gasteiger charge is -2.08. The van der Waals surface area contributed by atoms with Crippen molar-refractivity contribution in [2.24, 2.45) is 0 Å². The molecule has 11 heteroatoms. The second kappa shape index (κ2) is 9.79. The normalized spacial score (nSPS) is 11.1. The molecule has 0 aliphatic carbocycles. The molecule has 3 heterocycles. The topological polar surface area (TPSA) is 88.6 Å². The van der Waals surface area contributed by atoms with Crippen molar-refractivity contribution in [2.75, 3.05) is 6.26 Å². The van der Waals surface area contributed by atoms with Crippen LogP contribution in [0.3, 0.4) is 0 Å². The van der Waals surface area contributed by atoms with Gasteiger partial charge >= 0.3 is 0 Å². The third kappa shape index (κ3) is 4.90. The number of aromatic nitrogens is 4. The molecule has 0 aliphatic rings. The highest BCUT2D eigenvalue weighted by Gasteiger charge is 2.16. The van der Waals surface area contributed by atoms with Gasteiger partial charge in [-0.25, -0.2) is 18.4 Å². The number of hydrogen-bond donors (Lipinski definition) is 1. The number of aromatic amines is 1. The number of hydrogen-bond acceptors (Lipinski definition) is 6. The van der Waals surface area contributed by atoms with E-state index in [1.165, 1.54) is 23.9 Å². The molecule has 0 aliphatic heterocycles. The van der Waals surface area contributed by atoms with Crippen LogP contribution in [0.1, 0.15) is 0 Å². The SMILES string of the molecule is CS(=O)(=O)c1ccc(-c2ncnc3ccc(-c4cn[nH]c4-c4ccc(Cl)cc4)cc23)s1.Cl.Cl. The van der Waals surface area contributed by atoms with E-state index in [4.69, 9.17) is 11.6 Å². The van der Waals surface area contributed by atoms with Crippen LogP contribution >= 0.6 is 47.8 Å². The molecule has 0 fully saturated rings. The molecule has 0 unspecified atom stereocenters. The molecule has 0 spiro atoms. The van der Waals surface area contributed by atoms with Gasteiger partial charge in [0.2, 0.25) is 0 Å². The van der Waals surface area contributed by atoms with E-state index in [1.54, 1.807) is 18.3 Å². The summed E-state index contributed by atoms with van der Waals surface area (Å²) >= 11 is 7.23. The highest BCUT2D eigenvalue weighted by Crippen LogP contribution is 2.36. The highest BCUT2D eigenvalue weighted by atomic mass is 35.5. The summed E-state index contributed by atoms with van der Waals surface area (Å²) in [5.41, 5.74) is 5.20. The Morgan fingerprint density at radius 2 is 1.67 bits per heavy atom. The Morgan fingerprint density at radius 1 is 0.939 bits per heavy atom. The quantitative estimate of drug-likeness (QED) is 0.289. The number of benzene rings is 2. The zero-order valence-electron chi connectivity index (χ0n) is 17.0. The summed E-state index contributed by atoms with van der Waals surface area (Å²) in [5, 5.41) is 8.81. The van der Waals surface area contributed by atoms with Crippen LogP contribution in [0.25, 0.3) is 43.9 Å². The minimum atomic E-state index is -3.27. The molecule has 6 nitrogen and oxygen atoms in total. The molecule has 0 saturated carbocycles. The predicted molar refractivity (Wildman–Crippen MR) is 138 cm³/mol. The molecule has 0 amide bonds. The van der Waals surface area contributed by atoms with Gasteiger partial charge in [-0.05, 0) is 42.0 Å². The Morgan fingerprint density at radius 3 is 2.36 bits per heavy atom. The van der Waals surface area contributed by atoms with Crippen molar-refractivity contribution >= 4 is 68.5 Å². The van der Waals surface area contributed by atoms with E-state index in [2.05, 4.69) is 20.2 Å². The summed E-state index contributed by atoms with van der Waals surface area (Å²) in [4.78, 5) is 9.60. The third-order valence-corrected chi connectivity index (χ3v) is 8.06. The van der Waals surface area contributed by atoms with Gasteiger partial charge in [0.05, 0.1) is 28.0 Å². The number of nitrogens with one attached hydrogen (secondary N) is 1. The van der Waals surface area contributed by atoms with Gasteiger partial charge in [0.1, 0.15) is 10.5 Å². The fraction of sp³-hybridized carbons (Fsp3) is 0.0455. The molecule has 5 rings (SSSR count). The van der Waals surface area contributed by atoms with E-state index < -0.39 is 9.84 Å². The van der Waals surface area contributed by atoms with Gasteiger partial charge in [-0.3, -0.25) is 5.10 Å². The number of rotatable bonds is 4. The lowest BCUT2D eigenvalue weighted by molar-refractivity contribution is 0.604. The van der Waals surface area contributed by atoms with E-state index in [0.29, 0.717) is 14.9 Å². The van der Waals surface area contributed by atoms with Crippen molar-refractivity contribution in [3.63, 3.8) is 0 Å². The Balaban J connectivity index is 0.00000153. The van der Waals surface area contributed by atoms with Gasteiger partial charge in [-0.2, -0.15) is 5.10 Å². The molecule has 1 N–H and O–H groups in total. The average molecular weight is 540 g/mol. The summed E-state index contributed by atoms with van der Waals surface area (Å²) in [6.45, 7) is 0. The molecule has 33 heavy (non-hydrogen) atoms. The van der Waals surface area contributed by atoms with Crippen molar-refractivity contribution < 1.29 is 8.42 Å². The molecular formula is C22H17Cl3N4O2S2. The molecule has 0 radical (unpaired) electrons. The average Bonchev–Trinajstić information content (AvgIpc) is 3.43. The van der Waals surface area contributed by atoms with Crippen LogP contribution in [-0.2, 0) is 9.84 Å². The Labute approximate surface area is 211 Å². The van der Waals surface area contributed by atoms with Crippen molar-refractivity contribution in [3.8, 4) is 33.0 Å². The maximum absolute atomic E-state index is 11.9. The van der Waals surface area contributed by atoms with Crippen molar-refractivity contribution in [3.05, 3.63) is 72.1 Å². The summed E-state index contributed by atoms with van der Waals surface area (Å²) in [6.07, 6.45) is 4.48. The van der Waals surface area contributed by atoms with Crippen LogP contribution < -0.4 is 0 Å². The minimum absolute atomic E-state index is 0. The molecule has 0 bridgehead atoms. The standard InChI is InChI=1S/C22H15ClN4O2S2.2ClH/c1-31(28,29)20-9-8-19(30-20)22-16-10-14(4-7-18(16)24-12-25-22)17-11-26-27-21(17)13-2-5-15(23)6-3-13;;/h2-12H,1H3,(H,26,27);2*1H. The van der Waals surface area contributed by atoms with Crippen LogP contribution in [0, 0.1) is 0 Å². The number of sulfone groups is 1. The smallest absolute Gasteiger partial charge is 0.184 e. The summed E-state index contributed by atoms with van der Waals surface area (Å²) < 4.78 is 24.1. The van der Waals surface area contributed by atoms with E-state index in [-0.39, 0.29) is 24.8 Å². The zero-order valence-corrected chi connectivity index (χ0v) is 21.0. The van der Waals surface area contributed by atoms with E-state index in [0.717, 1.165) is 38.2 Å². The zero-order chi connectivity index (χ0) is 21.6. The molecule has 3 aromatic heterocycles. The maximum atomic E-state index is 11.9. The van der Waals surface area contributed by atoms with E-state index in [9.17, 15) is 8.42 Å².